The Morgan fingerprint density at radius 2 is 1.95 bits per heavy atom. The van der Waals surface area contributed by atoms with Crippen molar-refractivity contribution in [2.45, 2.75) is 20.8 Å². The van der Waals surface area contributed by atoms with E-state index in [-0.39, 0.29) is 0 Å². The molecule has 4 heteroatoms. The van der Waals surface area contributed by atoms with Gasteiger partial charge in [0.15, 0.2) is 0 Å². The zero-order valence-corrected chi connectivity index (χ0v) is 11.9. The molecule has 100 valence electrons. The van der Waals surface area contributed by atoms with E-state index in [0.29, 0.717) is 0 Å². The van der Waals surface area contributed by atoms with Crippen molar-refractivity contribution in [1.29, 1.82) is 0 Å². The van der Waals surface area contributed by atoms with Gasteiger partial charge in [0.05, 0.1) is 0 Å². The molecule has 0 atom stereocenters. The van der Waals surface area contributed by atoms with Gasteiger partial charge < -0.3 is 10.2 Å². The quantitative estimate of drug-likeness (QED) is 0.911. The Bertz CT molecular complexity index is 566. The van der Waals surface area contributed by atoms with Crippen LogP contribution < -0.4 is 10.2 Å². The average molecular weight is 256 g/mol. The van der Waals surface area contributed by atoms with Crippen LogP contribution in [0, 0.1) is 13.8 Å². The topological polar surface area (TPSA) is 41.0 Å². The van der Waals surface area contributed by atoms with E-state index in [1.807, 2.05) is 13.1 Å². The van der Waals surface area contributed by atoms with Crippen LogP contribution in [0.3, 0.4) is 0 Å². The fourth-order valence-electron chi connectivity index (χ4n) is 2.11. The minimum absolute atomic E-state index is 0.851. The fraction of sp³-hybridized carbons (Fsp3) is 0.333. The first-order valence-electron chi connectivity index (χ1n) is 6.48. The van der Waals surface area contributed by atoms with E-state index in [2.05, 4.69) is 59.2 Å². The Morgan fingerprint density at radius 1 is 1.16 bits per heavy atom. The molecule has 0 saturated carbocycles. The number of benzene rings is 1. The Hall–Kier alpha value is -2.10. The molecule has 19 heavy (non-hydrogen) atoms. The molecule has 1 aromatic carbocycles. The molecular weight excluding hydrogens is 236 g/mol. The molecule has 0 radical (unpaired) electrons. The summed E-state index contributed by atoms with van der Waals surface area (Å²) in [6, 6.07) is 8.38. The number of aromatic nitrogens is 2. The molecule has 2 aromatic rings. The number of nitrogens with zero attached hydrogens (tertiary/aromatic N) is 3. The summed E-state index contributed by atoms with van der Waals surface area (Å²) < 4.78 is 0. The molecule has 2 rings (SSSR count). The normalized spacial score (nSPS) is 10.3. The summed E-state index contributed by atoms with van der Waals surface area (Å²) in [5.74, 6) is 1.74. The Labute approximate surface area is 114 Å². The van der Waals surface area contributed by atoms with Crippen LogP contribution in [0.1, 0.15) is 18.1 Å². The lowest BCUT2D eigenvalue weighted by Crippen LogP contribution is -2.13. The highest BCUT2D eigenvalue weighted by molar-refractivity contribution is 5.65. The maximum atomic E-state index is 4.34. The van der Waals surface area contributed by atoms with Gasteiger partial charge in [-0.25, -0.2) is 9.97 Å². The van der Waals surface area contributed by atoms with E-state index in [4.69, 9.17) is 0 Å². The van der Waals surface area contributed by atoms with E-state index < -0.39 is 0 Å². The second-order valence-corrected chi connectivity index (χ2v) is 4.64. The smallest absolute Gasteiger partial charge is 0.138 e. The molecule has 0 aliphatic rings. The Morgan fingerprint density at radius 3 is 2.63 bits per heavy atom. The van der Waals surface area contributed by atoms with Crippen LogP contribution in [-0.4, -0.2) is 23.6 Å². The summed E-state index contributed by atoms with van der Waals surface area (Å²) in [5.41, 5.74) is 3.67. The highest BCUT2D eigenvalue weighted by Crippen LogP contribution is 2.26. The van der Waals surface area contributed by atoms with Crippen LogP contribution in [-0.2, 0) is 0 Å². The fourth-order valence-corrected chi connectivity index (χ4v) is 2.11. The first-order chi connectivity index (χ1) is 9.11. The highest BCUT2D eigenvalue weighted by atomic mass is 15.2. The van der Waals surface area contributed by atoms with Crippen LogP contribution in [0.15, 0.2) is 30.6 Å². The van der Waals surface area contributed by atoms with Gasteiger partial charge >= 0.3 is 0 Å². The van der Waals surface area contributed by atoms with Gasteiger partial charge in [-0.05, 0) is 32.4 Å². The number of nitrogens with one attached hydrogen (secondary N) is 1. The van der Waals surface area contributed by atoms with Gasteiger partial charge in [0.1, 0.15) is 18.0 Å². The SMILES string of the molecule is CCNc1cc(N(C)c2ccc(C)cc2C)ncn1. The lowest BCUT2D eigenvalue weighted by atomic mass is 10.1. The van der Waals surface area contributed by atoms with Crippen LogP contribution in [0.5, 0.6) is 0 Å². The summed E-state index contributed by atoms with van der Waals surface area (Å²) in [4.78, 5) is 10.6. The summed E-state index contributed by atoms with van der Waals surface area (Å²) >= 11 is 0. The molecule has 0 bridgehead atoms. The number of rotatable bonds is 4. The minimum atomic E-state index is 0.851. The third-order valence-electron chi connectivity index (χ3n) is 3.07. The van der Waals surface area contributed by atoms with Crippen molar-refractivity contribution < 1.29 is 0 Å². The molecule has 1 N–H and O–H groups in total. The van der Waals surface area contributed by atoms with Gasteiger partial charge in [0.2, 0.25) is 0 Å². The lowest BCUT2D eigenvalue weighted by molar-refractivity contribution is 1.06. The van der Waals surface area contributed by atoms with Gasteiger partial charge in [0.25, 0.3) is 0 Å². The maximum absolute atomic E-state index is 4.34. The monoisotopic (exact) mass is 256 g/mol. The zero-order valence-electron chi connectivity index (χ0n) is 11.9. The van der Waals surface area contributed by atoms with E-state index in [1.54, 1.807) is 6.33 Å². The molecule has 0 unspecified atom stereocenters. The third kappa shape index (κ3) is 3.02. The van der Waals surface area contributed by atoms with Crippen LogP contribution >= 0.6 is 0 Å². The van der Waals surface area contributed by atoms with Crippen molar-refractivity contribution in [2.24, 2.45) is 0 Å². The highest BCUT2D eigenvalue weighted by Gasteiger charge is 2.09. The molecule has 0 fully saturated rings. The van der Waals surface area contributed by atoms with Crippen molar-refractivity contribution in [3.63, 3.8) is 0 Å². The van der Waals surface area contributed by atoms with E-state index in [0.717, 1.165) is 23.9 Å². The number of anilines is 3. The first kappa shape index (κ1) is 13.3. The molecule has 0 saturated heterocycles. The molecule has 1 heterocycles. The van der Waals surface area contributed by atoms with Gasteiger partial charge in [-0.1, -0.05) is 17.7 Å². The van der Waals surface area contributed by atoms with Crippen molar-refractivity contribution in [2.75, 3.05) is 23.8 Å². The third-order valence-corrected chi connectivity index (χ3v) is 3.07. The summed E-state index contributed by atoms with van der Waals surface area (Å²) in [6.45, 7) is 7.12. The minimum Gasteiger partial charge on any atom is -0.370 e. The van der Waals surface area contributed by atoms with Crippen molar-refractivity contribution in [3.8, 4) is 0 Å². The largest absolute Gasteiger partial charge is 0.370 e. The number of hydrogen-bond donors (Lipinski definition) is 1. The van der Waals surface area contributed by atoms with E-state index in [1.165, 1.54) is 11.1 Å². The van der Waals surface area contributed by atoms with Crippen LogP contribution in [0.25, 0.3) is 0 Å². The Kier molecular flexibility index (Phi) is 4.00. The van der Waals surface area contributed by atoms with Crippen molar-refractivity contribution >= 4 is 17.3 Å². The second kappa shape index (κ2) is 5.69. The molecule has 1 aromatic heterocycles. The zero-order chi connectivity index (χ0) is 13.8. The summed E-state index contributed by atoms with van der Waals surface area (Å²) in [5, 5.41) is 3.20. The first-order valence-corrected chi connectivity index (χ1v) is 6.48. The van der Waals surface area contributed by atoms with E-state index in [9.17, 15) is 0 Å². The lowest BCUT2D eigenvalue weighted by Gasteiger charge is -2.21. The maximum Gasteiger partial charge on any atom is 0.138 e. The predicted octanol–water partition coefficient (Wildman–Crippen LogP) is 3.29. The molecule has 0 aliphatic carbocycles. The molecule has 4 nitrogen and oxygen atoms in total. The molecule has 0 spiro atoms. The van der Waals surface area contributed by atoms with Crippen molar-refractivity contribution in [1.82, 2.24) is 9.97 Å². The van der Waals surface area contributed by atoms with Gasteiger partial charge in [-0.2, -0.15) is 0 Å². The van der Waals surface area contributed by atoms with Crippen molar-refractivity contribution in [3.05, 3.63) is 41.7 Å². The van der Waals surface area contributed by atoms with Crippen LogP contribution in [0.4, 0.5) is 17.3 Å². The number of hydrogen-bond acceptors (Lipinski definition) is 4. The van der Waals surface area contributed by atoms with Gasteiger partial charge in [-0.3, -0.25) is 0 Å². The van der Waals surface area contributed by atoms with Gasteiger partial charge in [0, 0.05) is 25.3 Å². The number of aryl methyl sites for hydroxylation is 2. The summed E-state index contributed by atoms with van der Waals surface area (Å²) in [7, 11) is 2.02. The predicted molar refractivity (Wildman–Crippen MR) is 80.2 cm³/mol. The molecule has 0 aliphatic heterocycles. The summed E-state index contributed by atoms with van der Waals surface area (Å²) in [6.07, 6.45) is 1.59. The molecular formula is C15H20N4. The van der Waals surface area contributed by atoms with E-state index >= 15 is 0 Å². The Balaban J connectivity index is 2.32. The second-order valence-electron chi connectivity index (χ2n) is 4.64. The van der Waals surface area contributed by atoms with Gasteiger partial charge in [-0.15, -0.1) is 0 Å². The molecule has 0 amide bonds. The van der Waals surface area contributed by atoms with Crippen LogP contribution in [0.2, 0.25) is 0 Å². The average Bonchev–Trinajstić information content (AvgIpc) is 2.39. The standard InChI is InChI=1S/C15H20N4/c1-5-16-14-9-15(18-10-17-14)19(4)13-7-6-11(2)8-12(13)3/h6-10H,5H2,1-4H3,(H,16,17,18).